The van der Waals surface area contributed by atoms with Gasteiger partial charge in [0.25, 0.3) is 0 Å². The topological polar surface area (TPSA) is 29.9 Å². The number of halogens is 3. The average Bonchev–Trinajstić information content (AvgIpc) is 3.23. The molecule has 5 rings (SSSR count). The number of hydrogen-bond acceptors (Lipinski definition) is 2. The van der Waals surface area contributed by atoms with Crippen LogP contribution in [0.15, 0.2) is 103 Å². The van der Waals surface area contributed by atoms with Crippen molar-refractivity contribution >= 4 is 10.9 Å². The molecule has 0 spiro atoms. The molecule has 0 aliphatic rings. The van der Waals surface area contributed by atoms with E-state index in [4.69, 9.17) is 0 Å². The van der Waals surface area contributed by atoms with E-state index in [1.54, 1.807) is 10.7 Å². The van der Waals surface area contributed by atoms with Crippen LogP contribution in [0.5, 0.6) is 0 Å². The Bertz CT molecular complexity index is 1410. The smallest absolute Gasteiger partial charge is 0.309 e. The van der Waals surface area contributed by atoms with Gasteiger partial charge < -0.3 is 5.32 Å². The second kappa shape index (κ2) is 9.76. The summed E-state index contributed by atoms with van der Waals surface area (Å²) in [4.78, 5) is 0. The summed E-state index contributed by atoms with van der Waals surface area (Å²) in [5.74, 6) is 0. The van der Waals surface area contributed by atoms with Crippen molar-refractivity contribution in [1.29, 1.82) is 0 Å². The Morgan fingerprint density at radius 3 is 1.89 bits per heavy atom. The molecule has 0 saturated heterocycles. The number of nitrogens with one attached hydrogen (secondary N) is 1. The highest BCUT2D eigenvalue weighted by Crippen LogP contribution is 2.38. The molecule has 0 aliphatic carbocycles. The molecule has 35 heavy (non-hydrogen) atoms. The second-order valence-electron chi connectivity index (χ2n) is 8.48. The van der Waals surface area contributed by atoms with Crippen LogP contribution in [0.4, 0.5) is 13.2 Å². The fourth-order valence-corrected chi connectivity index (χ4v) is 4.28. The Labute approximate surface area is 201 Å². The number of alkyl halides is 3. The van der Waals surface area contributed by atoms with Gasteiger partial charge in [0.05, 0.1) is 17.8 Å². The SMILES string of the molecule is FC(F)(F)c1cccc2c(-c3ccc(CNCc4ccccc4)cc3)n(Cc3ccccc3)nc12. The number of fused-ring (bicyclic) bond motifs is 1. The van der Waals surface area contributed by atoms with Crippen LogP contribution in [-0.2, 0) is 25.8 Å². The zero-order chi connectivity index (χ0) is 24.3. The zero-order valence-electron chi connectivity index (χ0n) is 19.0. The molecule has 176 valence electrons. The molecule has 0 atom stereocenters. The molecule has 1 heterocycles. The van der Waals surface area contributed by atoms with Crippen LogP contribution >= 0.6 is 0 Å². The van der Waals surface area contributed by atoms with E-state index in [0.29, 0.717) is 24.2 Å². The van der Waals surface area contributed by atoms with Gasteiger partial charge >= 0.3 is 6.18 Å². The number of nitrogens with zero attached hydrogens (tertiary/aromatic N) is 2. The van der Waals surface area contributed by atoms with Gasteiger partial charge in [-0.1, -0.05) is 97.1 Å². The summed E-state index contributed by atoms with van der Waals surface area (Å²) in [5.41, 5.74) is 4.04. The number of hydrogen-bond donors (Lipinski definition) is 1. The summed E-state index contributed by atoms with van der Waals surface area (Å²) >= 11 is 0. The minimum Gasteiger partial charge on any atom is -0.309 e. The second-order valence-corrected chi connectivity index (χ2v) is 8.48. The van der Waals surface area contributed by atoms with Gasteiger partial charge in [-0.15, -0.1) is 0 Å². The van der Waals surface area contributed by atoms with Crippen molar-refractivity contribution in [2.75, 3.05) is 0 Å². The molecule has 6 heteroatoms. The molecular weight excluding hydrogens is 447 g/mol. The van der Waals surface area contributed by atoms with Crippen LogP contribution in [0.3, 0.4) is 0 Å². The highest BCUT2D eigenvalue weighted by molar-refractivity contribution is 5.95. The maximum absolute atomic E-state index is 13.7. The summed E-state index contributed by atoms with van der Waals surface area (Å²) in [7, 11) is 0. The summed E-state index contributed by atoms with van der Waals surface area (Å²) < 4.78 is 42.9. The number of benzene rings is 4. The Morgan fingerprint density at radius 1 is 0.657 bits per heavy atom. The number of aromatic nitrogens is 2. The Morgan fingerprint density at radius 2 is 1.26 bits per heavy atom. The van der Waals surface area contributed by atoms with Crippen molar-refractivity contribution < 1.29 is 13.2 Å². The molecule has 0 bridgehead atoms. The van der Waals surface area contributed by atoms with Crippen LogP contribution in [-0.4, -0.2) is 9.78 Å². The van der Waals surface area contributed by atoms with Crippen molar-refractivity contribution in [2.45, 2.75) is 25.8 Å². The predicted molar refractivity (Wildman–Crippen MR) is 133 cm³/mol. The molecule has 0 aliphatic heterocycles. The van der Waals surface area contributed by atoms with E-state index in [1.807, 2.05) is 72.8 Å². The Balaban J connectivity index is 1.47. The Hall–Kier alpha value is -3.90. The normalized spacial score (nSPS) is 11.7. The van der Waals surface area contributed by atoms with E-state index < -0.39 is 11.7 Å². The van der Waals surface area contributed by atoms with E-state index in [0.717, 1.165) is 29.3 Å². The van der Waals surface area contributed by atoms with Crippen LogP contribution in [0.1, 0.15) is 22.3 Å². The van der Waals surface area contributed by atoms with Crippen molar-refractivity contribution in [2.24, 2.45) is 0 Å². The van der Waals surface area contributed by atoms with Crippen molar-refractivity contribution in [1.82, 2.24) is 15.1 Å². The van der Waals surface area contributed by atoms with Crippen molar-refractivity contribution in [3.63, 3.8) is 0 Å². The first kappa shape index (κ1) is 22.9. The number of rotatable bonds is 7. The molecule has 1 N–H and O–H groups in total. The third-order valence-corrected chi connectivity index (χ3v) is 5.98. The molecule has 0 unspecified atom stereocenters. The molecule has 4 aromatic carbocycles. The van der Waals surface area contributed by atoms with Gasteiger partial charge in [-0.3, -0.25) is 4.68 Å². The molecule has 0 saturated carbocycles. The third-order valence-electron chi connectivity index (χ3n) is 5.98. The highest BCUT2D eigenvalue weighted by Gasteiger charge is 2.34. The van der Waals surface area contributed by atoms with Crippen molar-refractivity contribution in [3.8, 4) is 11.3 Å². The van der Waals surface area contributed by atoms with Gasteiger partial charge in [-0.05, 0) is 22.8 Å². The van der Waals surface area contributed by atoms with E-state index in [-0.39, 0.29) is 5.52 Å². The quantitative estimate of drug-likeness (QED) is 0.275. The first-order chi connectivity index (χ1) is 17.0. The fourth-order valence-electron chi connectivity index (χ4n) is 4.28. The lowest BCUT2D eigenvalue weighted by molar-refractivity contribution is -0.136. The fraction of sp³-hybridized carbons (Fsp3) is 0.138. The van der Waals surface area contributed by atoms with E-state index in [2.05, 4.69) is 22.5 Å². The van der Waals surface area contributed by atoms with Crippen molar-refractivity contribution in [3.05, 3.63) is 125 Å². The van der Waals surface area contributed by atoms with Crippen LogP contribution < -0.4 is 5.32 Å². The summed E-state index contributed by atoms with van der Waals surface area (Å²) in [6.45, 7) is 1.83. The lowest BCUT2D eigenvalue weighted by atomic mass is 10.0. The van der Waals surface area contributed by atoms with E-state index in [9.17, 15) is 13.2 Å². The lowest BCUT2D eigenvalue weighted by Gasteiger charge is -2.10. The Kier molecular flexibility index (Phi) is 6.38. The monoisotopic (exact) mass is 471 g/mol. The standard InChI is InChI=1S/C29H24F3N3/c30-29(31,32)26-13-7-12-25-27(26)34-35(20-23-10-5-2-6-11-23)28(25)24-16-14-22(15-17-24)19-33-18-21-8-3-1-4-9-21/h1-17,33H,18-20H2. The molecule has 0 fully saturated rings. The zero-order valence-corrected chi connectivity index (χ0v) is 19.0. The average molecular weight is 472 g/mol. The maximum atomic E-state index is 13.7. The predicted octanol–water partition coefficient (Wildman–Crippen LogP) is 7.06. The maximum Gasteiger partial charge on any atom is 0.418 e. The summed E-state index contributed by atoms with van der Waals surface area (Å²) in [6.07, 6.45) is -4.48. The summed E-state index contributed by atoms with van der Waals surface area (Å²) in [6, 6.07) is 32.0. The van der Waals surface area contributed by atoms with E-state index in [1.165, 1.54) is 11.6 Å². The van der Waals surface area contributed by atoms with E-state index >= 15 is 0 Å². The molecule has 3 nitrogen and oxygen atoms in total. The molecule has 0 amide bonds. The largest absolute Gasteiger partial charge is 0.418 e. The van der Waals surface area contributed by atoms with Gasteiger partial charge in [-0.2, -0.15) is 18.3 Å². The first-order valence-electron chi connectivity index (χ1n) is 11.4. The molecule has 0 radical (unpaired) electrons. The molecular formula is C29H24F3N3. The van der Waals surface area contributed by atoms with Crippen LogP contribution in [0.25, 0.3) is 22.2 Å². The molecule has 5 aromatic rings. The summed E-state index contributed by atoms with van der Waals surface area (Å²) in [5, 5.41) is 8.36. The van der Waals surface area contributed by atoms with Gasteiger partial charge in [0.2, 0.25) is 0 Å². The van der Waals surface area contributed by atoms with Crippen LogP contribution in [0.2, 0.25) is 0 Å². The third kappa shape index (κ3) is 5.12. The van der Waals surface area contributed by atoms with Gasteiger partial charge in [0.1, 0.15) is 5.52 Å². The first-order valence-corrected chi connectivity index (χ1v) is 11.4. The highest BCUT2D eigenvalue weighted by atomic mass is 19.4. The molecule has 1 aromatic heterocycles. The van der Waals surface area contributed by atoms with Crippen LogP contribution in [0, 0.1) is 0 Å². The minimum absolute atomic E-state index is 0.0282. The lowest BCUT2D eigenvalue weighted by Crippen LogP contribution is -2.12. The van der Waals surface area contributed by atoms with Gasteiger partial charge in [-0.25, -0.2) is 0 Å². The van der Waals surface area contributed by atoms with Gasteiger partial charge in [0, 0.05) is 24.0 Å². The minimum atomic E-state index is -4.48. The van der Waals surface area contributed by atoms with Gasteiger partial charge in [0.15, 0.2) is 0 Å².